The molecule has 0 amide bonds. The van der Waals surface area contributed by atoms with E-state index in [1.165, 1.54) is 10.8 Å². The number of hydrogen-bond acceptors (Lipinski definition) is 0. The molecule has 0 aliphatic heterocycles. The Morgan fingerprint density at radius 1 is 0.444 bits per heavy atom. The third-order valence-electron chi connectivity index (χ3n) is 9.79. The Hall–Kier alpha value is -7.02. The molecule has 0 N–H and O–H groups in total. The molecule has 54 heavy (non-hydrogen) atoms. The summed E-state index contributed by atoms with van der Waals surface area (Å²) >= 11 is 0. The van der Waals surface area contributed by atoms with Gasteiger partial charge in [0.05, 0.1) is 0 Å². The fourth-order valence-electron chi connectivity index (χ4n) is 7.61. The Kier molecular flexibility index (Phi) is 10.6. The first-order chi connectivity index (χ1) is 26.6. The lowest BCUT2D eigenvalue weighted by atomic mass is 9.76. The molecule has 0 heterocycles. The first-order valence-corrected chi connectivity index (χ1v) is 18.2. The summed E-state index contributed by atoms with van der Waals surface area (Å²) in [6.45, 7) is 21.5. The quantitative estimate of drug-likeness (QED) is 0.0884. The van der Waals surface area contributed by atoms with Gasteiger partial charge in [0.1, 0.15) is 0 Å². The van der Waals surface area contributed by atoms with Gasteiger partial charge in [0.2, 0.25) is 0 Å². The molecule has 0 fully saturated rings. The lowest BCUT2D eigenvalue weighted by molar-refractivity contribution is 1.61. The molecule has 0 bridgehead atoms. The first-order valence-electron chi connectivity index (χ1n) is 18.2. The van der Waals surface area contributed by atoms with Crippen molar-refractivity contribution >= 4 is 49.0 Å². The summed E-state index contributed by atoms with van der Waals surface area (Å²) in [5.74, 6) is 0. The Morgan fingerprint density at radius 3 is 1.41 bits per heavy atom. The molecule has 0 aliphatic carbocycles. The molecular formula is C54H42. The fraction of sp³-hybridized carbons (Fsp3) is 0. The molecule has 0 radical (unpaired) electrons. The predicted octanol–water partition coefficient (Wildman–Crippen LogP) is 15.2. The van der Waals surface area contributed by atoms with Crippen LogP contribution in [0.2, 0.25) is 0 Å². The number of hydrogen-bond donors (Lipinski definition) is 0. The van der Waals surface area contributed by atoms with E-state index in [2.05, 4.69) is 178 Å². The van der Waals surface area contributed by atoms with Crippen LogP contribution in [0.3, 0.4) is 0 Å². The lowest BCUT2D eigenvalue weighted by Crippen LogP contribution is -2.01. The molecule has 0 saturated heterocycles. The Balaban J connectivity index is 1.84. The maximum absolute atomic E-state index is 4.95. The van der Waals surface area contributed by atoms with Gasteiger partial charge in [0, 0.05) is 0 Å². The van der Waals surface area contributed by atoms with Crippen LogP contribution in [0.4, 0.5) is 0 Å². The standard InChI is InChI=1S/C54H42/c1-6-9-25-38(4)37-43(26-10-7-2)52-46-34-21-20-33-45(46)49(39(5)44(24-8-3)40-27-14-11-15-28-40)53-50(41-29-16-12-17-30-41)47-35-22-23-36-48(47)51(54(52)53)42-31-18-13-19-32-42/h6-37H,1-5H2/b25-9-,26-10-,43-37-,44-24+. The van der Waals surface area contributed by atoms with Crippen LogP contribution >= 0.6 is 0 Å². The van der Waals surface area contributed by atoms with Crippen LogP contribution in [-0.2, 0) is 0 Å². The van der Waals surface area contributed by atoms with Crippen molar-refractivity contribution in [3.63, 3.8) is 0 Å². The molecule has 0 atom stereocenters. The normalized spacial score (nSPS) is 12.1. The van der Waals surface area contributed by atoms with Crippen LogP contribution in [0.5, 0.6) is 0 Å². The molecule has 7 rings (SSSR count). The smallest absolute Gasteiger partial charge is 0.000138 e. The van der Waals surface area contributed by atoms with Crippen LogP contribution in [0.1, 0.15) is 16.7 Å². The van der Waals surface area contributed by atoms with Crippen molar-refractivity contribution in [3.05, 3.63) is 249 Å². The second kappa shape index (κ2) is 16.1. The summed E-state index contributed by atoms with van der Waals surface area (Å²) in [7, 11) is 0. The maximum Gasteiger partial charge on any atom is -0.000138 e. The molecule has 0 aliphatic rings. The van der Waals surface area contributed by atoms with Crippen LogP contribution in [-0.4, -0.2) is 0 Å². The number of allylic oxidation sites excluding steroid dienone is 13. The first kappa shape index (κ1) is 35.4. The maximum atomic E-state index is 4.95. The van der Waals surface area contributed by atoms with Gasteiger partial charge >= 0.3 is 0 Å². The van der Waals surface area contributed by atoms with Crippen molar-refractivity contribution in [1.29, 1.82) is 0 Å². The number of benzene rings is 7. The highest BCUT2D eigenvalue weighted by molar-refractivity contribution is 6.32. The van der Waals surface area contributed by atoms with Crippen molar-refractivity contribution in [1.82, 2.24) is 0 Å². The Bertz CT molecular complexity index is 2690. The molecule has 258 valence electrons. The molecule has 0 nitrogen and oxygen atoms in total. The lowest BCUT2D eigenvalue weighted by Gasteiger charge is -2.26. The zero-order chi connectivity index (χ0) is 37.4. The van der Waals surface area contributed by atoms with Crippen molar-refractivity contribution < 1.29 is 0 Å². The van der Waals surface area contributed by atoms with Gasteiger partial charge < -0.3 is 0 Å². The third-order valence-corrected chi connectivity index (χ3v) is 9.79. The zero-order valence-corrected chi connectivity index (χ0v) is 30.5. The van der Waals surface area contributed by atoms with Gasteiger partial charge in [-0.1, -0.05) is 221 Å². The molecule has 0 heteroatoms. The Labute approximate surface area is 319 Å². The third kappa shape index (κ3) is 6.70. The van der Waals surface area contributed by atoms with Crippen molar-refractivity contribution in [3.8, 4) is 22.3 Å². The highest BCUT2D eigenvalue weighted by Crippen LogP contribution is 2.52. The van der Waals surface area contributed by atoms with E-state index < -0.39 is 0 Å². The van der Waals surface area contributed by atoms with Gasteiger partial charge in [-0.15, -0.1) is 0 Å². The van der Waals surface area contributed by atoms with E-state index in [1.54, 1.807) is 6.08 Å². The summed E-state index contributed by atoms with van der Waals surface area (Å²) in [6.07, 6.45) is 17.8. The van der Waals surface area contributed by atoms with Crippen molar-refractivity contribution in [2.45, 2.75) is 0 Å². The molecular weight excluding hydrogens is 649 g/mol. The minimum absolute atomic E-state index is 0.856. The van der Waals surface area contributed by atoms with Crippen LogP contribution in [0, 0.1) is 0 Å². The molecule has 0 saturated carbocycles. The van der Waals surface area contributed by atoms with Gasteiger partial charge in [-0.25, -0.2) is 0 Å². The van der Waals surface area contributed by atoms with Gasteiger partial charge in [0.25, 0.3) is 0 Å². The van der Waals surface area contributed by atoms with E-state index in [0.717, 1.165) is 82.8 Å². The average molecular weight is 691 g/mol. The SMILES string of the molecule is C=C/C=C\C(=C)/C=C(/C=C\C=C)c1c2ccccc2c(C(=C)/C(=C\C=C)c2ccccc2)c2c(-c3ccccc3)c3ccccc3c(-c3ccccc3)c12. The van der Waals surface area contributed by atoms with E-state index in [1.807, 2.05) is 36.4 Å². The van der Waals surface area contributed by atoms with Crippen LogP contribution in [0.15, 0.2) is 233 Å². The zero-order valence-electron chi connectivity index (χ0n) is 30.5. The van der Waals surface area contributed by atoms with Crippen molar-refractivity contribution in [2.24, 2.45) is 0 Å². The van der Waals surface area contributed by atoms with E-state index in [4.69, 9.17) is 6.58 Å². The summed E-state index contributed by atoms with van der Waals surface area (Å²) in [6, 6.07) is 49.6. The van der Waals surface area contributed by atoms with Gasteiger partial charge in [0.15, 0.2) is 0 Å². The number of rotatable bonds is 12. The van der Waals surface area contributed by atoms with Gasteiger partial charge in [-0.3, -0.25) is 0 Å². The van der Waals surface area contributed by atoms with E-state index >= 15 is 0 Å². The highest BCUT2D eigenvalue weighted by Gasteiger charge is 2.27. The van der Waals surface area contributed by atoms with Crippen LogP contribution < -0.4 is 0 Å². The van der Waals surface area contributed by atoms with Gasteiger partial charge in [-0.2, -0.15) is 0 Å². The van der Waals surface area contributed by atoms with Gasteiger partial charge in [-0.05, 0) is 99.6 Å². The van der Waals surface area contributed by atoms with E-state index in [-0.39, 0.29) is 0 Å². The summed E-state index contributed by atoms with van der Waals surface area (Å²) in [5, 5.41) is 6.83. The summed E-state index contributed by atoms with van der Waals surface area (Å²) < 4.78 is 0. The largest absolute Gasteiger partial charge is 0.0991 e. The van der Waals surface area contributed by atoms with E-state index in [9.17, 15) is 0 Å². The fourth-order valence-corrected chi connectivity index (χ4v) is 7.61. The van der Waals surface area contributed by atoms with E-state index in [0.29, 0.717) is 0 Å². The average Bonchev–Trinajstić information content (AvgIpc) is 3.22. The molecule has 7 aromatic carbocycles. The number of fused-ring (bicyclic) bond motifs is 3. The molecule has 0 aromatic heterocycles. The monoisotopic (exact) mass is 690 g/mol. The minimum Gasteiger partial charge on any atom is -0.0991 e. The second-order valence-corrected chi connectivity index (χ2v) is 13.1. The Morgan fingerprint density at radius 2 is 0.889 bits per heavy atom. The highest BCUT2D eigenvalue weighted by atomic mass is 14.3. The molecule has 0 unspecified atom stereocenters. The molecule has 7 aromatic rings. The van der Waals surface area contributed by atoms with Crippen LogP contribution in [0.25, 0.3) is 71.3 Å². The predicted molar refractivity (Wildman–Crippen MR) is 239 cm³/mol. The topological polar surface area (TPSA) is 0 Å². The van der Waals surface area contributed by atoms with Crippen molar-refractivity contribution in [2.75, 3.05) is 0 Å². The molecule has 0 spiro atoms. The summed E-state index contributed by atoms with van der Waals surface area (Å²) in [4.78, 5) is 0. The minimum atomic E-state index is 0.856. The second-order valence-electron chi connectivity index (χ2n) is 13.1. The summed E-state index contributed by atoms with van der Waals surface area (Å²) in [5.41, 5.74) is 11.7.